The number of hydrogen-bond donors (Lipinski definition) is 0. The van der Waals surface area contributed by atoms with Crippen LogP contribution in [-0.4, -0.2) is 10.6 Å². The highest BCUT2D eigenvalue weighted by molar-refractivity contribution is 6.11. The second-order valence-electron chi connectivity index (χ2n) is 17.8. The first-order chi connectivity index (χ1) is 34.6. The third kappa shape index (κ3) is 8.31. The lowest BCUT2D eigenvalue weighted by Gasteiger charge is -2.34. The van der Waals surface area contributed by atoms with E-state index in [0.29, 0.717) is 0 Å². The first-order valence-corrected chi connectivity index (χ1v) is 24.2. The van der Waals surface area contributed by atoms with E-state index in [-0.39, 0.29) is 6.04 Å². The number of rotatable bonds is 13. The van der Waals surface area contributed by atoms with Crippen LogP contribution in [0, 0.1) is 0 Å². The molecule has 9 aromatic carbocycles. The Hall–Kier alpha value is -8.86. The molecule has 4 nitrogen and oxygen atoms in total. The van der Waals surface area contributed by atoms with E-state index >= 15 is 0 Å². The maximum absolute atomic E-state index is 4.42. The minimum Gasteiger partial charge on any atom is -0.338 e. The lowest BCUT2D eigenvalue weighted by atomic mass is 9.96. The van der Waals surface area contributed by atoms with Crippen LogP contribution in [0.2, 0.25) is 0 Å². The summed E-state index contributed by atoms with van der Waals surface area (Å²) in [7, 11) is 0. The standard InChI is InChI=1S/C66H54N4/c1-4-51(46-48(2)49(3)67(52-24-10-5-11-25-52)53-26-12-6-13-27-53)69(55-30-16-8-17-31-55)65-45-43-59(60-34-20-21-35-61(60)65)50-38-40-57(41-39-50)68(54-28-14-7-15-29-54)58-42-44-66-63(47-58)62-36-22-23-37-64(62)70(66)56-32-18-9-19-33-56/h4-26,28-47,53H,1,27H2,2-3H3/b49-48+,51-46+. The topological polar surface area (TPSA) is 14.7 Å². The molecule has 338 valence electrons. The van der Waals surface area contributed by atoms with Crippen LogP contribution >= 0.6 is 0 Å². The Labute approximate surface area is 411 Å². The van der Waals surface area contributed by atoms with Crippen LogP contribution in [0.3, 0.4) is 0 Å². The van der Waals surface area contributed by atoms with Crippen molar-refractivity contribution in [2.45, 2.75) is 26.3 Å². The number of anilines is 6. The fraction of sp³-hybridized carbons (Fsp3) is 0.0606. The van der Waals surface area contributed by atoms with E-state index < -0.39 is 0 Å². The Kier molecular flexibility index (Phi) is 12.1. The van der Waals surface area contributed by atoms with E-state index in [2.05, 4.69) is 295 Å². The van der Waals surface area contributed by atoms with Crippen molar-refractivity contribution in [3.63, 3.8) is 0 Å². The number of benzene rings is 9. The van der Waals surface area contributed by atoms with Crippen LogP contribution < -0.4 is 14.7 Å². The van der Waals surface area contributed by atoms with Crippen molar-refractivity contribution in [2.75, 3.05) is 14.7 Å². The maximum atomic E-state index is 4.42. The summed E-state index contributed by atoms with van der Waals surface area (Å²) >= 11 is 0. The van der Waals surface area contributed by atoms with Gasteiger partial charge in [-0.05, 0) is 146 Å². The second-order valence-corrected chi connectivity index (χ2v) is 17.8. The van der Waals surface area contributed by atoms with Crippen molar-refractivity contribution in [3.05, 3.63) is 284 Å². The highest BCUT2D eigenvalue weighted by Crippen LogP contribution is 2.43. The third-order valence-electron chi connectivity index (χ3n) is 13.6. The zero-order valence-corrected chi connectivity index (χ0v) is 39.6. The molecule has 0 saturated heterocycles. The number of para-hydroxylation sites is 5. The normalized spacial score (nSPS) is 13.9. The Morgan fingerprint density at radius 3 is 1.76 bits per heavy atom. The van der Waals surface area contributed by atoms with E-state index in [4.69, 9.17) is 0 Å². The molecule has 1 heterocycles. The first-order valence-electron chi connectivity index (χ1n) is 24.2. The van der Waals surface area contributed by atoms with Crippen molar-refractivity contribution in [2.24, 2.45) is 0 Å². The van der Waals surface area contributed by atoms with Gasteiger partial charge in [-0.25, -0.2) is 0 Å². The molecule has 0 N–H and O–H groups in total. The molecule has 1 atom stereocenters. The van der Waals surface area contributed by atoms with Gasteiger partial charge in [-0.15, -0.1) is 0 Å². The van der Waals surface area contributed by atoms with Gasteiger partial charge in [0.1, 0.15) is 0 Å². The smallest absolute Gasteiger partial charge is 0.0556 e. The first kappa shape index (κ1) is 43.7. The average Bonchev–Trinajstić information content (AvgIpc) is 3.76. The molecular formula is C66H54N4. The molecule has 0 saturated carbocycles. The van der Waals surface area contributed by atoms with Gasteiger partial charge >= 0.3 is 0 Å². The molecule has 0 bridgehead atoms. The lowest BCUT2D eigenvalue weighted by molar-refractivity contribution is 0.748. The summed E-state index contributed by atoms with van der Waals surface area (Å²) in [5.74, 6) is 0. The third-order valence-corrected chi connectivity index (χ3v) is 13.6. The monoisotopic (exact) mass is 902 g/mol. The van der Waals surface area contributed by atoms with Crippen LogP contribution in [0.25, 0.3) is 49.4 Å². The molecule has 0 amide bonds. The Morgan fingerprint density at radius 1 is 0.514 bits per heavy atom. The zero-order chi connectivity index (χ0) is 47.4. The van der Waals surface area contributed by atoms with Crippen LogP contribution in [-0.2, 0) is 0 Å². The lowest BCUT2D eigenvalue weighted by Crippen LogP contribution is -2.33. The number of hydrogen-bond acceptors (Lipinski definition) is 3. The SMILES string of the molecule is C=C/C(=C\C(C)=C(/C)N(c1ccccc1)C1C=CC=CC1)N(c1ccccc1)c1ccc(-c2ccc(N(c3ccccc3)c3ccc4c(c3)c3ccccc3n4-c3ccccc3)cc2)c2ccccc12. The van der Waals surface area contributed by atoms with Crippen LogP contribution in [0.5, 0.6) is 0 Å². The van der Waals surface area contributed by atoms with Gasteiger partial charge in [-0.3, -0.25) is 0 Å². The van der Waals surface area contributed by atoms with Gasteiger partial charge in [0, 0.05) is 61.7 Å². The van der Waals surface area contributed by atoms with Crippen LogP contribution in [0.1, 0.15) is 20.3 Å². The summed E-state index contributed by atoms with van der Waals surface area (Å²) in [4.78, 5) is 7.17. The maximum Gasteiger partial charge on any atom is 0.0556 e. The van der Waals surface area contributed by atoms with Crippen molar-refractivity contribution in [3.8, 4) is 16.8 Å². The van der Waals surface area contributed by atoms with Crippen molar-refractivity contribution >= 4 is 66.7 Å². The molecule has 0 spiro atoms. The molecular weight excluding hydrogens is 849 g/mol. The van der Waals surface area contributed by atoms with E-state index in [1.165, 1.54) is 44.1 Å². The summed E-state index contributed by atoms with van der Waals surface area (Å²) in [6.07, 6.45) is 14.1. The molecule has 11 rings (SSSR count). The number of fused-ring (bicyclic) bond motifs is 4. The van der Waals surface area contributed by atoms with Crippen molar-refractivity contribution in [1.29, 1.82) is 0 Å². The van der Waals surface area contributed by atoms with Gasteiger partial charge in [0.05, 0.1) is 22.8 Å². The minimum atomic E-state index is 0.212. The largest absolute Gasteiger partial charge is 0.338 e. The van der Waals surface area contributed by atoms with E-state index in [0.717, 1.165) is 62.8 Å². The number of allylic oxidation sites excluding steroid dienone is 6. The molecule has 0 aliphatic heterocycles. The fourth-order valence-corrected chi connectivity index (χ4v) is 10.2. The van der Waals surface area contributed by atoms with Crippen LogP contribution in [0.4, 0.5) is 34.1 Å². The molecule has 1 aliphatic rings. The van der Waals surface area contributed by atoms with Gasteiger partial charge < -0.3 is 19.3 Å². The number of nitrogens with zero attached hydrogens (tertiary/aromatic N) is 4. The van der Waals surface area contributed by atoms with Crippen LogP contribution in [0.15, 0.2) is 284 Å². The van der Waals surface area contributed by atoms with Gasteiger partial charge in [0.15, 0.2) is 0 Å². The van der Waals surface area contributed by atoms with Gasteiger partial charge in [-0.1, -0.05) is 164 Å². The van der Waals surface area contributed by atoms with Gasteiger partial charge in [0.25, 0.3) is 0 Å². The molecule has 4 heteroatoms. The van der Waals surface area contributed by atoms with Crippen molar-refractivity contribution in [1.82, 2.24) is 4.57 Å². The van der Waals surface area contributed by atoms with E-state index in [1.54, 1.807) is 0 Å². The molecule has 1 unspecified atom stereocenters. The highest BCUT2D eigenvalue weighted by Gasteiger charge is 2.23. The van der Waals surface area contributed by atoms with E-state index in [1.807, 2.05) is 6.08 Å². The predicted molar refractivity (Wildman–Crippen MR) is 299 cm³/mol. The summed E-state index contributed by atoms with van der Waals surface area (Å²) < 4.78 is 2.37. The molecule has 1 aromatic heterocycles. The molecule has 0 fully saturated rings. The molecule has 70 heavy (non-hydrogen) atoms. The zero-order valence-electron chi connectivity index (χ0n) is 39.6. The summed E-state index contributed by atoms with van der Waals surface area (Å²) in [5, 5.41) is 4.76. The molecule has 1 aliphatic carbocycles. The summed E-state index contributed by atoms with van der Waals surface area (Å²) in [6.45, 7) is 8.87. The van der Waals surface area contributed by atoms with Gasteiger partial charge in [-0.2, -0.15) is 0 Å². The van der Waals surface area contributed by atoms with Crippen molar-refractivity contribution < 1.29 is 0 Å². The van der Waals surface area contributed by atoms with E-state index in [9.17, 15) is 0 Å². The quantitative estimate of drug-likeness (QED) is 0.107. The molecule has 10 aromatic rings. The average molecular weight is 903 g/mol. The number of aromatic nitrogens is 1. The Balaban J connectivity index is 0.985. The Morgan fingerprint density at radius 2 is 1.09 bits per heavy atom. The molecule has 0 radical (unpaired) electrons. The summed E-state index contributed by atoms with van der Waals surface area (Å²) in [5.41, 5.74) is 15.8. The predicted octanol–water partition coefficient (Wildman–Crippen LogP) is 18.0. The minimum absolute atomic E-state index is 0.212. The second kappa shape index (κ2) is 19.4. The highest BCUT2D eigenvalue weighted by atomic mass is 15.2. The van der Waals surface area contributed by atoms with Gasteiger partial charge in [0.2, 0.25) is 0 Å². The fourth-order valence-electron chi connectivity index (χ4n) is 10.2. The summed E-state index contributed by atoms with van der Waals surface area (Å²) in [6, 6.07) is 80.8. The Bertz CT molecular complexity index is 3600.